The van der Waals surface area contributed by atoms with Crippen LogP contribution in [0.3, 0.4) is 0 Å². The Morgan fingerprint density at radius 1 is 1.27 bits per heavy atom. The van der Waals surface area contributed by atoms with Crippen molar-refractivity contribution >= 4 is 5.91 Å². The predicted octanol–water partition coefficient (Wildman–Crippen LogP) is 4.11. The zero-order valence-corrected chi connectivity index (χ0v) is 19.2. The number of benzene rings is 1. The molecule has 0 bridgehead atoms. The van der Waals surface area contributed by atoms with Crippen LogP contribution in [0.2, 0.25) is 0 Å². The number of amides is 1. The Hall–Kier alpha value is -2.67. The summed E-state index contributed by atoms with van der Waals surface area (Å²) in [5, 5.41) is 9.93. The molecular formula is C26H32F2N2O3. The van der Waals surface area contributed by atoms with Crippen molar-refractivity contribution in [3.8, 4) is 5.75 Å². The van der Waals surface area contributed by atoms with Gasteiger partial charge in [0.2, 0.25) is 0 Å². The van der Waals surface area contributed by atoms with Crippen molar-refractivity contribution < 1.29 is 23.4 Å². The van der Waals surface area contributed by atoms with Crippen LogP contribution < -0.4 is 0 Å². The molecule has 4 rings (SSSR count). The Morgan fingerprint density at radius 3 is 2.79 bits per heavy atom. The van der Waals surface area contributed by atoms with E-state index in [0.717, 1.165) is 30.8 Å². The lowest BCUT2D eigenvalue weighted by molar-refractivity contribution is -0.145. The van der Waals surface area contributed by atoms with E-state index in [1.165, 1.54) is 13.8 Å². The van der Waals surface area contributed by atoms with Gasteiger partial charge in [0.15, 0.2) is 5.67 Å². The first kappa shape index (κ1) is 23.5. The maximum atomic E-state index is 14.7. The number of allylic oxidation sites excluding steroid dienone is 3. The van der Waals surface area contributed by atoms with Gasteiger partial charge in [-0.05, 0) is 55.7 Å². The largest absolute Gasteiger partial charge is 0.508 e. The second-order valence-corrected chi connectivity index (χ2v) is 9.57. The summed E-state index contributed by atoms with van der Waals surface area (Å²) in [5.41, 5.74) is -0.0899. The van der Waals surface area contributed by atoms with Crippen molar-refractivity contribution in [2.45, 2.75) is 32.0 Å². The molecule has 178 valence electrons. The average molecular weight is 459 g/mol. The second kappa shape index (κ2) is 9.67. The quantitative estimate of drug-likeness (QED) is 0.668. The summed E-state index contributed by atoms with van der Waals surface area (Å²) in [6, 6.07) is 4.79. The molecule has 0 spiro atoms. The number of nitrogens with zero attached hydrogens (tertiary/aromatic N) is 2. The lowest BCUT2D eigenvalue weighted by Crippen LogP contribution is -2.49. The predicted molar refractivity (Wildman–Crippen MR) is 123 cm³/mol. The van der Waals surface area contributed by atoms with Crippen LogP contribution in [0.15, 0.2) is 54.3 Å². The molecule has 5 nitrogen and oxygen atoms in total. The summed E-state index contributed by atoms with van der Waals surface area (Å²) in [5.74, 6) is 0.330. The fourth-order valence-electron chi connectivity index (χ4n) is 4.79. The van der Waals surface area contributed by atoms with Crippen LogP contribution in [-0.4, -0.2) is 65.9 Å². The fraction of sp³-hybridized carbons (Fsp3) is 0.500. The van der Waals surface area contributed by atoms with Crippen LogP contribution in [0.1, 0.15) is 31.0 Å². The van der Waals surface area contributed by atoms with Crippen LogP contribution in [-0.2, 0) is 16.0 Å². The monoisotopic (exact) mass is 458 g/mol. The minimum atomic E-state index is -1.98. The van der Waals surface area contributed by atoms with Gasteiger partial charge in [-0.2, -0.15) is 0 Å². The lowest BCUT2D eigenvalue weighted by Gasteiger charge is -2.42. The molecule has 0 aromatic heterocycles. The van der Waals surface area contributed by atoms with E-state index in [-0.39, 0.29) is 30.3 Å². The van der Waals surface area contributed by atoms with E-state index in [0.29, 0.717) is 25.3 Å². The Kier molecular flexibility index (Phi) is 6.88. The van der Waals surface area contributed by atoms with Gasteiger partial charge in [-0.15, -0.1) is 0 Å². The van der Waals surface area contributed by atoms with E-state index in [9.17, 15) is 18.7 Å². The first-order valence-corrected chi connectivity index (χ1v) is 11.6. The number of carbonyl (C=O) groups is 1. The Bertz CT molecular complexity index is 961. The number of hydrogen-bond donors (Lipinski definition) is 1. The van der Waals surface area contributed by atoms with Crippen molar-refractivity contribution in [3.63, 3.8) is 0 Å². The molecule has 2 aliphatic heterocycles. The molecule has 1 amide bonds. The highest BCUT2D eigenvalue weighted by Gasteiger charge is 2.40. The zero-order chi connectivity index (χ0) is 23.6. The number of ether oxygens (including phenoxy) is 1. The van der Waals surface area contributed by atoms with Gasteiger partial charge in [0.1, 0.15) is 18.1 Å². The molecule has 1 aliphatic carbocycles. The van der Waals surface area contributed by atoms with E-state index < -0.39 is 11.6 Å². The van der Waals surface area contributed by atoms with E-state index >= 15 is 0 Å². The number of likely N-dealkylation sites (tertiary alicyclic amines) is 1. The molecule has 1 saturated heterocycles. The van der Waals surface area contributed by atoms with Gasteiger partial charge >= 0.3 is 0 Å². The van der Waals surface area contributed by atoms with Crippen molar-refractivity contribution in [2.75, 3.05) is 39.5 Å². The Morgan fingerprint density at radius 2 is 2.06 bits per heavy atom. The SMILES string of the molecule is CC(C)(F)C(=O)N1CCc2cc(O)ccc2[C@@H]1C1C=CC=C(OCCN2CC(CF)C2)C=C1. The number of aromatic hydroxyl groups is 1. The van der Waals surface area contributed by atoms with Crippen molar-refractivity contribution in [2.24, 2.45) is 11.8 Å². The number of hydrogen-bond acceptors (Lipinski definition) is 4. The summed E-state index contributed by atoms with van der Waals surface area (Å²) in [6.45, 7) is 5.53. The number of fused-ring (bicyclic) bond motifs is 1. The van der Waals surface area contributed by atoms with Gasteiger partial charge < -0.3 is 14.7 Å². The molecule has 2 heterocycles. The standard InChI is InChI=1S/C26H32F2N2O3/c1-26(2,28)25(32)30-11-10-20-14-21(31)7-9-23(20)24(30)19-4-3-5-22(8-6-19)33-13-12-29-16-18(15-27)17-29/h3-9,14,18-19,24,31H,10-13,15-17H2,1-2H3/t19?,24-/m0/s1. The highest BCUT2D eigenvalue weighted by Crippen LogP contribution is 2.40. The third-order valence-corrected chi connectivity index (χ3v) is 6.54. The molecule has 2 atom stereocenters. The van der Waals surface area contributed by atoms with Gasteiger partial charge in [-0.3, -0.25) is 14.1 Å². The number of alkyl halides is 2. The smallest absolute Gasteiger partial charge is 0.260 e. The molecular weight excluding hydrogens is 426 g/mol. The topological polar surface area (TPSA) is 53.0 Å². The van der Waals surface area contributed by atoms with Crippen molar-refractivity contribution in [1.82, 2.24) is 9.80 Å². The summed E-state index contributed by atoms with van der Waals surface area (Å²) in [4.78, 5) is 16.8. The molecule has 33 heavy (non-hydrogen) atoms. The van der Waals surface area contributed by atoms with E-state index in [1.54, 1.807) is 17.0 Å². The zero-order valence-electron chi connectivity index (χ0n) is 19.2. The lowest BCUT2D eigenvalue weighted by atomic mass is 9.83. The van der Waals surface area contributed by atoms with Crippen LogP contribution in [0.4, 0.5) is 8.78 Å². The normalized spacial score (nSPS) is 23.5. The third kappa shape index (κ3) is 5.29. The summed E-state index contributed by atoms with van der Waals surface area (Å²) in [7, 11) is 0. The molecule has 0 radical (unpaired) electrons. The number of phenolic OH excluding ortho intramolecular Hbond substituents is 1. The van der Waals surface area contributed by atoms with Crippen LogP contribution in [0.25, 0.3) is 0 Å². The molecule has 1 aromatic rings. The van der Waals surface area contributed by atoms with Crippen molar-refractivity contribution in [1.29, 1.82) is 0 Å². The van der Waals surface area contributed by atoms with Gasteiger partial charge in [0.25, 0.3) is 5.91 Å². The van der Waals surface area contributed by atoms with Gasteiger partial charge in [0, 0.05) is 38.0 Å². The molecule has 1 N–H and O–H groups in total. The fourth-order valence-corrected chi connectivity index (χ4v) is 4.79. The highest BCUT2D eigenvalue weighted by molar-refractivity contribution is 5.85. The summed E-state index contributed by atoms with van der Waals surface area (Å²) in [6.07, 6.45) is 10.2. The van der Waals surface area contributed by atoms with Crippen LogP contribution >= 0.6 is 0 Å². The van der Waals surface area contributed by atoms with Gasteiger partial charge in [-0.1, -0.05) is 24.3 Å². The van der Waals surface area contributed by atoms with E-state index in [2.05, 4.69) is 4.90 Å². The molecule has 1 aromatic carbocycles. The number of rotatable bonds is 7. The van der Waals surface area contributed by atoms with E-state index in [4.69, 9.17) is 4.74 Å². The van der Waals surface area contributed by atoms with Gasteiger partial charge in [0.05, 0.1) is 12.7 Å². The molecule has 1 fully saturated rings. The minimum Gasteiger partial charge on any atom is -0.508 e. The number of halogens is 2. The highest BCUT2D eigenvalue weighted by atomic mass is 19.1. The third-order valence-electron chi connectivity index (χ3n) is 6.54. The van der Waals surface area contributed by atoms with Gasteiger partial charge in [-0.25, -0.2) is 4.39 Å². The second-order valence-electron chi connectivity index (χ2n) is 9.57. The molecule has 1 unspecified atom stereocenters. The Balaban J connectivity index is 1.48. The number of carbonyl (C=O) groups excluding carboxylic acids is 1. The minimum absolute atomic E-state index is 0.158. The van der Waals surface area contributed by atoms with Crippen LogP contribution in [0, 0.1) is 11.8 Å². The Labute approximate surface area is 194 Å². The molecule has 7 heteroatoms. The average Bonchev–Trinajstić information content (AvgIpc) is 2.98. The van der Waals surface area contributed by atoms with E-state index in [1.807, 2.05) is 36.4 Å². The van der Waals surface area contributed by atoms with Crippen LogP contribution in [0.5, 0.6) is 5.75 Å². The van der Waals surface area contributed by atoms with Crippen molar-refractivity contribution in [3.05, 3.63) is 65.5 Å². The number of phenols is 1. The molecule has 0 saturated carbocycles. The summed E-state index contributed by atoms with van der Waals surface area (Å²) < 4.78 is 33.1. The maximum absolute atomic E-state index is 14.7. The maximum Gasteiger partial charge on any atom is 0.260 e. The summed E-state index contributed by atoms with van der Waals surface area (Å²) >= 11 is 0. The molecule has 3 aliphatic rings. The first-order valence-electron chi connectivity index (χ1n) is 11.6. The first-order chi connectivity index (χ1) is 15.8.